The molecule has 5 heteroatoms. The van der Waals surface area contributed by atoms with Crippen LogP contribution in [-0.2, 0) is 12.6 Å². The molecule has 1 N–H and O–H groups in total. The molecular formula is C15H12F4O. The minimum Gasteiger partial charge on any atom is -0.388 e. The lowest BCUT2D eigenvalue weighted by Crippen LogP contribution is -2.06. The Morgan fingerprint density at radius 3 is 2.20 bits per heavy atom. The Labute approximate surface area is 113 Å². The topological polar surface area (TPSA) is 20.2 Å². The quantitative estimate of drug-likeness (QED) is 0.841. The average molecular weight is 284 g/mol. The van der Waals surface area contributed by atoms with E-state index in [4.69, 9.17) is 0 Å². The molecule has 2 aromatic carbocycles. The highest BCUT2D eigenvalue weighted by Crippen LogP contribution is 2.29. The predicted octanol–water partition coefficient (Wildman–Crippen LogP) is 4.12. The van der Waals surface area contributed by atoms with Gasteiger partial charge in [-0.15, -0.1) is 0 Å². The van der Waals surface area contributed by atoms with Gasteiger partial charge in [-0.25, -0.2) is 4.39 Å². The summed E-state index contributed by atoms with van der Waals surface area (Å²) in [7, 11) is 0. The third-order valence-electron chi connectivity index (χ3n) is 2.94. The standard InChI is InChI=1S/C15H12F4O/c16-13-3-1-2-11(9-13)14(20)8-10-4-6-12(7-5-10)15(17,18)19/h1-7,9,14,20H,8H2. The second-order valence-corrected chi connectivity index (χ2v) is 4.47. The first kappa shape index (κ1) is 14.5. The van der Waals surface area contributed by atoms with Gasteiger partial charge < -0.3 is 5.11 Å². The van der Waals surface area contributed by atoms with E-state index in [0.29, 0.717) is 11.1 Å². The maximum absolute atomic E-state index is 13.0. The fraction of sp³-hybridized carbons (Fsp3) is 0.200. The molecule has 1 unspecified atom stereocenters. The van der Waals surface area contributed by atoms with Crippen LogP contribution in [-0.4, -0.2) is 5.11 Å². The molecule has 20 heavy (non-hydrogen) atoms. The first-order chi connectivity index (χ1) is 9.36. The van der Waals surface area contributed by atoms with E-state index in [1.807, 2.05) is 0 Å². The van der Waals surface area contributed by atoms with Gasteiger partial charge in [0.1, 0.15) is 5.82 Å². The van der Waals surface area contributed by atoms with Crippen LogP contribution in [0.1, 0.15) is 22.8 Å². The van der Waals surface area contributed by atoms with E-state index in [9.17, 15) is 22.7 Å². The largest absolute Gasteiger partial charge is 0.416 e. The summed E-state index contributed by atoms with van der Waals surface area (Å²) in [6.45, 7) is 0. The molecule has 0 saturated heterocycles. The van der Waals surface area contributed by atoms with Gasteiger partial charge in [-0.1, -0.05) is 24.3 Å². The molecule has 0 aromatic heterocycles. The Balaban J connectivity index is 2.10. The monoisotopic (exact) mass is 284 g/mol. The SMILES string of the molecule is OC(Cc1ccc(C(F)(F)F)cc1)c1cccc(F)c1. The van der Waals surface area contributed by atoms with E-state index < -0.39 is 23.7 Å². The van der Waals surface area contributed by atoms with Crippen molar-refractivity contribution in [3.63, 3.8) is 0 Å². The van der Waals surface area contributed by atoms with Crippen LogP contribution in [0.2, 0.25) is 0 Å². The highest BCUT2D eigenvalue weighted by molar-refractivity contribution is 5.27. The minimum atomic E-state index is -4.38. The maximum Gasteiger partial charge on any atom is 0.416 e. The Kier molecular flexibility index (Phi) is 4.09. The third-order valence-corrected chi connectivity index (χ3v) is 2.94. The van der Waals surface area contributed by atoms with E-state index in [0.717, 1.165) is 12.1 Å². The Bertz CT molecular complexity index is 575. The van der Waals surface area contributed by atoms with Gasteiger partial charge >= 0.3 is 6.18 Å². The summed E-state index contributed by atoms with van der Waals surface area (Å²) >= 11 is 0. The van der Waals surface area contributed by atoms with Gasteiger partial charge in [-0.05, 0) is 35.4 Å². The van der Waals surface area contributed by atoms with Crippen molar-refractivity contribution in [1.29, 1.82) is 0 Å². The Hall–Kier alpha value is -1.88. The zero-order chi connectivity index (χ0) is 14.8. The minimum absolute atomic E-state index is 0.127. The first-order valence-electron chi connectivity index (χ1n) is 5.96. The number of alkyl halides is 3. The fourth-order valence-corrected chi connectivity index (χ4v) is 1.88. The van der Waals surface area contributed by atoms with Gasteiger partial charge in [0.15, 0.2) is 0 Å². The molecule has 0 aliphatic rings. The van der Waals surface area contributed by atoms with E-state index >= 15 is 0 Å². The van der Waals surface area contributed by atoms with Crippen LogP contribution in [0, 0.1) is 5.82 Å². The number of benzene rings is 2. The summed E-state index contributed by atoms with van der Waals surface area (Å²) in [6.07, 6.45) is -5.20. The number of hydrogen-bond donors (Lipinski definition) is 1. The molecule has 106 valence electrons. The molecule has 0 amide bonds. The second kappa shape index (κ2) is 5.63. The molecule has 0 saturated carbocycles. The van der Waals surface area contributed by atoms with Crippen molar-refractivity contribution < 1.29 is 22.7 Å². The molecule has 2 aromatic rings. The zero-order valence-electron chi connectivity index (χ0n) is 10.4. The molecule has 0 radical (unpaired) electrons. The highest BCUT2D eigenvalue weighted by atomic mass is 19.4. The van der Waals surface area contributed by atoms with E-state index in [2.05, 4.69) is 0 Å². The van der Waals surface area contributed by atoms with Gasteiger partial charge in [-0.3, -0.25) is 0 Å². The number of rotatable bonds is 3. The van der Waals surface area contributed by atoms with Gasteiger partial charge in [0.25, 0.3) is 0 Å². The second-order valence-electron chi connectivity index (χ2n) is 4.47. The number of halogens is 4. The van der Waals surface area contributed by atoms with Crippen molar-refractivity contribution in [2.75, 3.05) is 0 Å². The van der Waals surface area contributed by atoms with Crippen molar-refractivity contribution >= 4 is 0 Å². The molecule has 0 spiro atoms. The van der Waals surface area contributed by atoms with Crippen molar-refractivity contribution in [2.24, 2.45) is 0 Å². The van der Waals surface area contributed by atoms with Gasteiger partial charge in [0, 0.05) is 6.42 Å². The predicted molar refractivity (Wildman–Crippen MR) is 66.5 cm³/mol. The van der Waals surface area contributed by atoms with E-state index in [-0.39, 0.29) is 6.42 Å². The summed E-state index contributed by atoms with van der Waals surface area (Å²) in [6, 6.07) is 10.1. The van der Waals surface area contributed by atoms with E-state index in [1.54, 1.807) is 6.07 Å². The van der Waals surface area contributed by atoms with Crippen LogP contribution < -0.4 is 0 Å². The lowest BCUT2D eigenvalue weighted by molar-refractivity contribution is -0.137. The molecule has 0 aliphatic heterocycles. The summed E-state index contributed by atoms with van der Waals surface area (Å²) < 4.78 is 50.2. The van der Waals surface area contributed by atoms with E-state index in [1.165, 1.54) is 30.3 Å². The normalized spacial score (nSPS) is 13.2. The van der Waals surface area contributed by atoms with Gasteiger partial charge in [0.05, 0.1) is 11.7 Å². The summed E-state index contributed by atoms with van der Waals surface area (Å²) in [4.78, 5) is 0. The van der Waals surface area contributed by atoms with Crippen LogP contribution in [0.3, 0.4) is 0 Å². The summed E-state index contributed by atoms with van der Waals surface area (Å²) in [5, 5.41) is 9.94. The summed E-state index contributed by atoms with van der Waals surface area (Å²) in [5.74, 6) is -0.464. The van der Waals surface area contributed by atoms with Crippen LogP contribution in [0.15, 0.2) is 48.5 Å². The molecule has 1 nitrogen and oxygen atoms in total. The smallest absolute Gasteiger partial charge is 0.388 e. The zero-order valence-corrected chi connectivity index (χ0v) is 10.4. The third kappa shape index (κ3) is 3.57. The lowest BCUT2D eigenvalue weighted by Gasteiger charge is -2.12. The fourth-order valence-electron chi connectivity index (χ4n) is 1.88. The molecule has 1 atom stereocenters. The molecule has 2 rings (SSSR count). The Morgan fingerprint density at radius 2 is 1.65 bits per heavy atom. The Morgan fingerprint density at radius 1 is 1.00 bits per heavy atom. The molecule has 0 bridgehead atoms. The average Bonchev–Trinajstić information content (AvgIpc) is 2.38. The number of hydrogen-bond acceptors (Lipinski definition) is 1. The number of aliphatic hydroxyl groups is 1. The molecule has 0 fully saturated rings. The first-order valence-corrected chi connectivity index (χ1v) is 5.96. The van der Waals surface area contributed by atoms with Crippen molar-refractivity contribution in [3.8, 4) is 0 Å². The van der Waals surface area contributed by atoms with Crippen LogP contribution in [0.4, 0.5) is 17.6 Å². The van der Waals surface area contributed by atoms with Gasteiger partial charge in [0.2, 0.25) is 0 Å². The highest BCUT2D eigenvalue weighted by Gasteiger charge is 2.29. The number of aliphatic hydroxyl groups excluding tert-OH is 1. The summed E-state index contributed by atoms with van der Waals surface area (Å²) in [5.41, 5.74) is 0.209. The van der Waals surface area contributed by atoms with Crippen LogP contribution in [0.5, 0.6) is 0 Å². The van der Waals surface area contributed by atoms with Crippen molar-refractivity contribution in [3.05, 3.63) is 71.0 Å². The van der Waals surface area contributed by atoms with Crippen LogP contribution in [0.25, 0.3) is 0 Å². The lowest BCUT2D eigenvalue weighted by atomic mass is 10.0. The maximum atomic E-state index is 13.0. The van der Waals surface area contributed by atoms with Crippen LogP contribution >= 0.6 is 0 Å². The molecular weight excluding hydrogens is 272 g/mol. The molecule has 0 aliphatic carbocycles. The molecule has 0 heterocycles. The van der Waals surface area contributed by atoms with Crippen molar-refractivity contribution in [2.45, 2.75) is 18.7 Å². The van der Waals surface area contributed by atoms with Gasteiger partial charge in [-0.2, -0.15) is 13.2 Å². The van der Waals surface area contributed by atoms with Crippen molar-refractivity contribution in [1.82, 2.24) is 0 Å².